The molecule has 2 heterocycles. The number of amides is 3. The van der Waals surface area contributed by atoms with Gasteiger partial charge in [-0.2, -0.15) is 13.2 Å². The van der Waals surface area contributed by atoms with E-state index in [4.69, 9.17) is 9.47 Å². The summed E-state index contributed by atoms with van der Waals surface area (Å²) in [5.41, 5.74) is 1.01. The van der Waals surface area contributed by atoms with Crippen LogP contribution in [0.5, 0.6) is 5.75 Å². The molecule has 14 heteroatoms. The van der Waals surface area contributed by atoms with Gasteiger partial charge >= 0.3 is 12.3 Å². The van der Waals surface area contributed by atoms with Crippen molar-refractivity contribution < 1.29 is 37.0 Å². The summed E-state index contributed by atoms with van der Waals surface area (Å²) in [6.45, 7) is 6.87. The van der Waals surface area contributed by atoms with Gasteiger partial charge in [0, 0.05) is 37.3 Å². The first kappa shape index (κ1) is 34.9. The van der Waals surface area contributed by atoms with Gasteiger partial charge in [0.1, 0.15) is 23.4 Å². The minimum atomic E-state index is -4.51. The van der Waals surface area contributed by atoms with E-state index < -0.39 is 30.3 Å². The summed E-state index contributed by atoms with van der Waals surface area (Å²) in [5, 5.41) is 8.64. The second-order valence-corrected chi connectivity index (χ2v) is 12.3. The molecule has 0 radical (unpaired) electrons. The highest BCUT2D eigenvalue weighted by Crippen LogP contribution is 2.27. The number of likely N-dealkylation sites (tertiary alicyclic amines) is 1. The van der Waals surface area contributed by atoms with E-state index in [0.717, 1.165) is 10.9 Å². The molecule has 1 saturated heterocycles. The number of anilines is 1. The van der Waals surface area contributed by atoms with Gasteiger partial charge in [0.15, 0.2) is 0 Å². The maximum atomic E-state index is 13.6. The molecule has 0 spiro atoms. The summed E-state index contributed by atoms with van der Waals surface area (Å²) in [4.78, 5) is 43.9. The van der Waals surface area contributed by atoms with Gasteiger partial charge in [-0.15, -0.1) is 0 Å². The summed E-state index contributed by atoms with van der Waals surface area (Å²) in [6.07, 6.45) is -3.40. The summed E-state index contributed by atoms with van der Waals surface area (Å²) in [6, 6.07) is 7.57. The Morgan fingerprint density at radius 2 is 1.85 bits per heavy atom. The van der Waals surface area contributed by atoms with Crippen molar-refractivity contribution in [1.82, 2.24) is 25.1 Å². The van der Waals surface area contributed by atoms with Crippen molar-refractivity contribution in [1.29, 1.82) is 0 Å². The van der Waals surface area contributed by atoms with Gasteiger partial charge in [-0.3, -0.25) is 9.59 Å². The Morgan fingerprint density at radius 3 is 2.49 bits per heavy atom. The van der Waals surface area contributed by atoms with Gasteiger partial charge in [0.05, 0.1) is 36.7 Å². The van der Waals surface area contributed by atoms with E-state index in [2.05, 4.69) is 32.8 Å². The zero-order valence-electron chi connectivity index (χ0n) is 27.2. The van der Waals surface area contributed by atoms with Crippen LogP contribution in [0, 0.1) is 17.8 Å². The zero-order valence-corrected chi connectivity index (χ0v) is 27.2. The lowest BCUT2D eigenvalue weighted by Gasteiger charge is -2.37. The van der Waals surface area contributed by atoms with E-state index in [9.17, 15) is 27.6 Å². The molecule has 0 saturated carbocycles. The van der Waals surface area contributed by atoms with Gasteiger partial charge in [0.2, 0.25) is 0 Å². The largest absolute Gasteiger partial charge is 0.495 e. The van der Waals surface area contributed by atoms with Gasteiger partial charge < -0.3 is 34.9 Å². The third kappa shape index (κ3) is 9.08. The van der Waals surface area contributed by atoms with Gasteiger partial charge in [-0.1, -0.05) is 18.8 Å². The molecule has 47 heavy (non-hydrogen) atoms. The lowest BCUT2D eigenvalue weighted by molar-refractivity contribution is -0.140. The number of nitrogens with zero attached hydrogens (tertiary/aromatic N) is 3. The second-order valence-electron chi connectivity index (χ2n) is 12.3. The lowest BCUT2D eigenvalue weighted by Crippen LogP contribution is -2.52. The van der Waals surface area contributed by atoms with Crippen LogP contribution < -0.4 is 20.7 Å². The van der Waals surface area contributed by atoms with Crippen LogP contribution in [0.25, 0.3) is 11.0 Å². The van der Waals surface area contributed by atoms with E-state index >= 15 is 0 Å². The highest BCUT2D eigenvalue weighted by molar-refractivity contribution is 6.05. The molecule has 2 atom stereocenters. The van der Waals surface area contributed by atoms with E-state index in [1.165, 1.54) is 26.3 Å². The number of rotatable bonds is 7. The van der Waals surface area contributed by atoms with Crippen molar-refractivity contribution in [2.24, 2.45) is 5.92 Å². The Bertz CT molecular complexity index is 1700. The van der Waals surface area contributed by atoms with Crippen LogP contribution in [0.15, 0.2) is 36.7 Å². The van der Waals surface area contributed by atoms with Crippen molar-refractivity contribution in [3.8, 4) is 17.6 Å². The maximum Gasteiger partial charge on any atom is 0.410 e. The van der Waals surface area contributed by atoms with Gasteiger partial charge in [-0.25, -0.2) is 9.78 Å². The number of imidazole rings is 1. The minimum absolute atomic E-state index is 0.0916. The molecule has 252 valence electrons. The topological polar surface area (TPSA) is 127 Å². The SMILES string of the molecule is CNC(=O)c1ccc(NCC#Cc2cc(C(=O)N[C@H]3CCN(C(=O)OC(C)(C)C)C[C@@H]3C)c3ncn(CC(F)(F)F)c3c2)c(OC)c1. The fourth-order valence-corrected chi connectivity index (χ4v) is 5.23. The van der Waals surface area contributed by atoms with E-state index in [0.29, 0.717) is 42.1 Å². The number of fused-ring (bicyclic) bond motifs is 1. The van der Waals surface area contributed by atoms with Crippen molar-refractivity contribution in [2.75, 3.05) is 39.1 Å². The average Bonchev–Trinajstić information content (AvgIpc) is 3.39. The molecule has 1 aromatic heterocycles. The van der Waals surface area contributed by atoms with Crippen molar-refractivity contribution >= 4 is 34.6 Å². The van der Waals surface area contributed by atoms with Crippen LogP contribution in [-0.4, -0.2) is 84.0 Å². The molecule has 0 aliphatic carbocycles. The predicted octanol–water partition coefficient (Wildman–Crippen LogP) is 4.81. The fourth-order valence-electron chi connectivity index (χ4n) is 5.23. The smallest absolute Gasteiger partial charge is 0.410 e. The monoisotopic (exact) mass is 656 g/mol. The lowest BCUT2D eigenvalue weighted by atomic mass is 9.93. The molecule has 3 N–H and O–H groups in total. The Labute approximate surface area is 271 Å². The molecule has 0 bridgehead atoms. The average molecular weight is 657 g/mol. The molecular weight excluding hydrogens is 617 g/mol. The number of ether oxygens (including phenoxy) is 2. The van der Waals surface area contributed by atoms with Crippen LogP contribution >= 0.6 is 0 Å². The molecule has 1 aliphatic rings. The number of carbonyl (C=O) groups excluding carboxylic acids is 3. The van der Waals surface area contributed by atoms with Crippen LogP contribution in [0.4, 0.5) is 23.7 Å². The molecule has 3 aromatic rings. The Morgan fingerprint density at radius 1 is 1.11 bits per heavy atom. The van der Waals surface area contributed by atoms with Crippen molar-refractivity contribution in [2.45, 2.75) is 58.5 Å². The third-order valence-corrected chi connectivity index (χ3v) is 7.48. The van der Waals surface area contributed by atoms with E-state index in [1.54, 1.807) is 43.9 Å². The summed E-state index contributed by atoms with van der Waals surface area (Å²) < 4.78 is 51.9. The predicted molar refractivity (Wildman–Crippen MR) is 170 cm³/mol. The number of hydrogen-bond acceptors (Lipinski definition) is 7. The molecule has 2 aromatic carbocycles. The van der Waals surface area contributed by atoms with Gasteiger partial charge in [0.25, 0.3) is 11.8 Å². The molecule has 4 rings (SSSR count). The quantitative estimate of drug-likeness (QED) is 0.312. The number of halogens is 3. The number of carbonyl (C=O) groups is 3. The van der Waals surface area contributed by atoms with Crippen LogP contribution in [0.3, 0.4) is 0 Å². The first-order valence-corrected chi connectivity index (χ1v) is 15.1. The number of alkyl halides is 3. The first-order chi connectivity index (χ1) is 22.1. The van der Waals surface area contributed by atoms with Crippen molar-refractivity contribution in [3.63, 3.8) is 0 Å². The molecule has 0 unspecified atom stereocenters. The highest BCUT2D eigenvalue weighted by Gasteiger charge is 2.33. The van der Waals surface area contributed by atoms with Crippen LogP contribution in [0.2, 0.25) is 0 Å². The third-order valence-electron chi connectivity index (χ3n) is 7.48. The number of aromatic nitrogens is 2. The normalized spacial score (nSPS) is 16.6. The minimum Gasteiger partial charge on any atom is -0.495 e. The number of nitrogens with one attached hydrogen (secondary N) is 3. The summed E-state index contributed by atoms with van der Waals surface area (Å²) in [7, 11) is 2.99. The first-order valence-electron chi connectivity index (χ1n) is 15.1. The molecular formula is C33H39F3N6O5. The number of benzene rings is 2. The molecule has 1 fully saturated rings. The van der Waals surface area contributed by atoms with Crippen molar-refractivity contribution in [3.05, 3.63) is 53.3 Å². The zero-order chi connectivity index (χ0) is 34.5. The summed E-state index contributed by atoms with van der Waals surface area (Å²) in [5.74, 6) is 5.40. The number of piperidine rings is 1. The Balaban J connectivity index is 1.55. The van der Waals surface area contributed by atoms with Gasteiger partial charge in [-0.05, 0) is 63.4 Å². The maximum absolute atomic E-state index is 13.6. The fraction of sp³-hybridized carbons (Fsp3) is 0.455. The molecule has 11 nitrogen and oxygen atoms in total. The van der Waals surface area contributed by atoms with E-state index in [-0.39, 0.29) is 41.0 Å². The molecule has 3 amide bonds. The second kappa shape index (κ2) is 14.2. The molecule has 1 aliphatic heterocycles. The Hall–Kier alpha value is -4.93. The highest BCUT2D eigenvalue weighted by atomic mass is 19.4. The van der Waals surface area contributed by atoms with Crippen LogP contribution in [0.1, 0.15) is 60.4 Å². The van der Waals surface area contributed by atoms with E-state index in [1.807, 2.05) is 6.92 Å². The number of hydrogen-bond donors (Lipinski definition) is 3. The van der Waals surface area contributed by atoms with Crippen LogP contribution in [-0.2, 0) is 11.3 Å². The number of methoxy groups -OCH3 is 1. The summed E-state index contributed by atoms with van der Waals surface area (Å²) >= 11 is 0. The standard InChI is InChI=1S/C33H39F3N6O5/c1-20-17-41(31(45)47-32(2,3)4)13-11-24(20)40-30(44)23-14-21(15-26-28(23)39-19-42(26)18-33(34,35)36)8-7-12-38-25-10-9-22(29(43)37-5)16-27(25)46-6/h9-10,14-16,19-20,24,38H,11-13,17-18H2,1-6H3,(H,37,43)(H,40,44)/t20-,24-/m0/s1. The Kier molecular flexibility index (Phi) is 10.6.